The van der Waals surface area contributed by atoms with E-state index in [4.69, 9.17) is 4.74 Å². The first-order valence-electron chi connectivity index (χ1n) is 11.0. The molecule has 6 heteroatoms. The molecule has 0 bridgehead atoms. The number of amides is 2. The number of hydrogen-bond donors (Lipinski definition) is 0. The van der Waals surface area contributed by atoms with E-state index in [1.165, 1.54) is 11.1 Å². The van der Waals surface area contributed by atoms with Gasteiger partial charge in [0.2, 0.25) is 5.91 Å². The molecule has 0 saturated carbocycles. The maximum Gasteiger partial charge on any atom is 0.260 e. The Hall–Kier alpha value is -2.47. The Labute approximate surface area is 188 Å². The molecule has 0 aromatic heterocycles. The highest BCUT2D eigenvalue weighted by molar-refractivity contribution is 7.99. The van der Waals surface area contributed by atoms with E-state index in [1.807, 2.05) is 46.7 Å². The van der Waals surface area contributed by atoms with Crippen LogP contribution in [0.3, 0.4) is 0 Å². The quantitative estimate of drug-likeness (QED) is 0.712. The van der Waals surface area contributed by atoms with Gasteiger partial charge >= 0.3 is 0 Å². The van der Waals surface area contributed by atoms with Crippen LogP contribution < -0.4 is 4.74 Å². The topological polar surface area (TPSA) is 49.9 Å². The number of fused-ring (bicyclic) bond motifs is 1. The van der Waals surface area contributed by atoms with Crippen molar-refractivity contribution in [2.75, 3.05) is 37.7 Å². The van der Waals surface area contributed by atoms with Gasteiger partial charge in [-0.2, -0.15) is 11.8 Å². The van der Waals surface area contributed by atoms with E-state index in [2.05, 4.69) is 31.2 Å². The van der Waals surface area contributed by atoms with Gasteiger partial charge in [0.15, 0.2) is 6.61 Å². The maximum absolute atomic E-state index is 12.8. The molecule has 2 aromatic rings. The zero-order valence-electron chi connectivity index (χ0n) is 18.3. The molecule has 1 saturated heterocycles. The molecule has 4 rings (SSSR count). The van der Waals surface area contributed by atoms with Crippen molar-refractivity contribution in [3.05, 3.63) is 64.7 Å². The Bertz CT molecular complexity index is 956. The summed E-state index contributed by atoms with van der Waals surface area (Å²) in [5.74, 6) is 2.85. The van der Waals surface area contributed by atoms with Crippen LogP contribution in [-0.4, -0.2) is 59.4 Å². The molecule has 0 aliphatic carbocycles. The number of aryl methyl sites for hydroxylation is 1. The minimum absolute atomic E-state index is 0.0380. The lowest BCUT2D eigenvalue weighted by Gasteiger charge is -2.38. The lowest BCUT2D eigenvalue weighted by molar-refractivity contribution is -0.133. The molecule has 164 valence electrons. The summed E-state index contributed by atoms with van der Waals surface area (Å²) in [6.07, 6.45) is 1.31. The zero-order valence-corrected chi connectivity index (χ0v) is 19.1. The SMILES string of the molecule is CCC(=O)N1CCc2ccc(OCC(=O)N3CCSCC3)cc2C1c1cccc(C)c1. The molecule has 31 heavy (non-hydrogen) atoms. The highest BCUT2D eigenvalue weighted by atomic mass is 32.2. The van der Waals surface area contributed by atoms with E-state index in [0.29, 0.717) is 18.7 Å². The van der Waals surface area contributed by atoms with E-state index in [-0.39, 0.29) is 24.5 Å². The summed E-state index contributed by atoms with van der Waals surface area (Å²) in [6.45, 7) is 6.33. The second kappa shape index (κ2) is 9.77. The van der Waals surface area contributed by atoms with Gasteiger partial charge in [0.1, 0.15) is 5.75 Å². The van der Waals surface area contributed by atoms with Crippen LogP contribution in [0.4, 0.5) is 0 Å². The summed E-state index contributed by atoms with van der Waals surface area (Å²) in [5, 5.41) is 0. The largest absolute Gasteiger partial charge is 0.484 e. The van der Waals surface area contributed by atoms with Crippen LogP contribution in [0.25, 0.3) is 0 Å². The molecule has 1 fully saturated rings. The van der Waals surface area contributed by atoms with Gasteiger partial charge in [-0.1, -0.05) is 42.8 Å². The Kier molecular flexibility index (Phi) is 6.86. The van der Waals surface area contributed by atoms with Gasteiger partial charge in [-0.05, 0) is 42.2 Å². The van der Waals surface area contributed by atoms with Crippen molar-refractivity contribution >= 4 is 23.6 Å². The monoisotopic (exact) mass is 438 g/mol. The molecule has 1 atom stereocenters. The Balaban J connectivity index is 1.60. The number of nitrogens with zero attached hydrogens (tertiary/aromatic N) is 2. The summed E-state index contributed by atoms with van der Waals surface area (Å²) < 4.78 is 5.92. The van der Waals surface area contributed by atoms with Crippen molar-refractivity contribution in [1.29, 1.82) is 0 Å². The molecule has 2 aromatic carbocycles. The summed E-state index contributed by atoms with van der Waals surface area (Å²) in [7, 11) is 0. The van der Waals surface area contributed by atoms with E-state index >= 15 is 0 Å². The molecule has 0 N–H and O–H groups in total. The smallest absolute Gasteiger partial charge is 0.260 e. The van der Waals surface area contributed by atoms with Crippen LogP contribution in [0, 0.1) is 6.92 Å². The fourth-order valence-electron chi connectivity index (χ4n) is 4.40. The second-order valence-electron chi connectivity index (χ2n) is 8.15. The van der Waals surface area contributed by atoms with Gasteiger partial charge in [-0.25, -0.2) is 0 Å². The van der Waals surface area contributed by atoms with Crippen LogP contribution >= 0.6 is 11.8 Å². The standard InChI is InChI=1S/C25H30N2O3S/c1-3-23(28)27-10-9-19-7-8-21(30-17-24(29)26-11-13-31-14-12-26)16-22(19)25(27)20-6-4-5-18(2)15-20/h4-8,15-16,25H,3,9-14,17H2,1-2H3. The van der Waals surface area contributed by atoms with Gasteiger partial charge in [-0.3, -0.25) is 9.59 Å². The molecular weight excluding hydrogens is 408 g/mol. The zero-order chi connectivity index (χ0) is 21.8. The second-order valence-corrected chi connectivity index (χ2v) is 9.37. The van der Waals surface area contributed by atoms with Gasteiger partial charge < -0.3 is 14.5 Å². The Morgan fingerprint density at radius 2 is 1.87 bits per heavy atom. The summed E-state index contributed by atoms with van der Waals surface area (Å²) in [5.41, 5.74) is 4.62. The predicted molar refractivity (Wildman–Crippen MR) is 125 cm³/mol. The first-order chi connectivity index (χ1) is 15.1. The molecule has 1 unspecified atom stereocenters. The van der Waals surface area contributed by atoms with Crippen molar-refractivity contribution in [1.82, 2.24) is 9.80 Å². The molecule has 5 nitrogen and oxygen atoms in total. The number of benzene rings is 2. The Morgan fingerprint density at radius 3 is 2.61 bits per heavy atom. The van der Waals surface area contributed by atoms with Crippen molar-refractivity contribution < 1.29 is 14.3 Å². The molecule has 2 amide bonds. The van der Waals surface area contributed by atoms with Gasteiger partial charge in [-0.15, -0.1) is 0 Å². The van der Waals surface area contributed by atoms with Crippen LogP contribution in [-0.2, 0) is 16.0 Å². The van der Waals surface area contributed by atoms with Gasteiger partial charge in [0.05, 0.1) is 6.04 Å². The predicted octanol–water partition coefficient (Wildman–Crippen LogP) is 3.83. The number of hydrogen-bond acceptors (Lipinski definition) is 4. The van der Waals surface area contributed by atoms with E-state index in [1.54, 1.807) is 0 Å². The normalized spacial score (nSPS) is 18.5. The summed E-state index contributed by atoms with van der Waals surface area (Å²) in [6, 6.07) is 14.3. The van der Waals surface area contributed by atoms with E-state index in [9.17, 15) is 9.59 Å². The number of rotatable bonds is 5. The molecule has 2 aliphatic heterocycles. The van der Waals surface area contributed by atoms with Crippen LogP contribution in [0.1, 0.15) is 41.6 Å². The average Bonchev–Trinajstić information content (AvgIpc) is 2.81. The third kappa shape index (κ3) is 4.90. The van der Waals surface area contributed by atoms with E-state index < -0.39 is 0 Å². The minimum Gasteiger partial charge on any atom is -0.484 e. The number of ether oxygens (including phenoxy) is 1. The van der Waals surface area contributed by atoms with Gasteiger partial charge in [0.25, 0.3) is 5.91 Å². The highest BCUT2D eigenvalue weighted by Crippen LogP contribution is 2.37. The molecule has 0 spiro atoms. The molecule has 2 heterocycles. The number of carbonyl (C=O) groups is 2. The van der Waals surface area contributed by atoms with Crippen molar-refractivity contribution in [2.24, 2.45) is 0 Å². The molecule has 0 radical (unpaired) electrons. The highest BCUT2D eigenvalue weighted by Gasteiger charge is 2.32. The summed E-state index contributed by atoms with van der Waals surface area (Å²) >= 11 is 1.88. The van der Waals surface area contributed by atoms with Crippen molar-refractivity contribution in [2.45, 2.75) is 32.7 Å². The van der Waals surface area contributed by atoms with E-state index in [0.717, 1.165) is 42.1 Å². The lowest BCUT2D eigenvalue weighted by atomic mass is 9.87. The maximum atomic E-state index is 12.8. The van der Waals surface area contributed by atoms with Crippen LogP contribution in [0.2, 0.25) is 0 Å². The fraction of sp³-hybridized carbons (Fsp3) is 0.440. The average molecular weight is 439 g/mol. The molecular formula is C25H30N2O3S. The number of thioether (sulfide) groups is 1. The van der Waals surface area contributed by atoms with Crippen LogP contribution in [0.5, 0.6) is 5.75 Å². The lowest BCUT2D eigenvalue weighted by Crippen LogP contribution is -2.41. The van der Waals surface area contributed by atoms with Gasteiger partial charge in [0, 0.05) is 37.6 Å². The third-order valence-corrected chi connectivity index (χ3v) is 6.99. The number of carbonyl (C=O) groups excluding carboxylic acids is 2. The summed E-state index contributed by atoms with van der Waals surface area (Å²) in [4.78, 5) is 29.1. The third-order valence-electron chi connectivity index (χ3n) is 6.05. The first kappa shape index (κ1) is 21.8. The van der Waals surface area contributed by atoms with Crippen molar-refractivity contribution in [3.63, 3.8) is 0 Å². The van der Waals surface area contributed by atoms with Crippen molar-refractivity contribution in [3.8, 4) is 5.75 Å². The Morgan fingerprint density at radius 1 is 1.06 bits per heavy atom. The fourth-order valence-corrected chi connectivity index (χ4v) is 5.31. The van der Waals surface area contributed by atoms with Crippen LogP contribution in [0.15, 0.2) is 42.5 Å². The first-order valence-corrected chi connectivity index (χ1v) is 12.2. The minimum atomic E-state index is -0.130. The molecule has 2 aliphatic rings.